The first-order chi connectivity index (χ1) is 19.7. The van der Waals surface area contributed by atoms with Gasteiger partial charge in [-0.3, -0.25) is 13.9 Å². The normalized spacial score (nSPS) is 14.5. The third kappa shape index (κ3) is 6.25. The zero-order valence-electron chi connectivity index (χ0n) is 22.9. The summed E-state index contributed by atoms with van der Waals surface area (Å²) in [4.78, 5) is 28.3. The van der Waals surface area contributed by atoms with Crippen molar-refractivity contribution in [3.63, 3.8) is 0 Å². The largest absolute Gasteiger partial charge is 0.477 e. The molecule has 1 atom stereocenters. The van der Waals surface area contributed by atoms with Gasteiger partial charge in [0.2, 0.25) is 5.91 Å². The SMILES string of the molecule is Cc1ccc(S(=O)(=O)N(C)c2ccc(CC(=O)N3C[C@H](C(=O)NCc4ccccc4)Oc4ccccc43)cc2)cc1. The number of carbonyl (C=O) groups excluding carboxylic acids is 2. The number of para-hydroxylation sites is 2. The van der Waals surface area contributed by atoms with Crippen LogP contribution in [0.1, 0.15) is 16.7 Å². The van der Waals surface area contributed by atoms with E-state index in [4.69, 9.17) is 4.74 Å². The lowest BCUT2D eigenvalue weighted by atomic mass is 10.1. The highest BCUT2D eigenvalue weighted by Crippen LogP contribution is 2.34. The van der Waals surface area contributed by atoms with E-state index in [1.165, 1.54) is 11.4 Å². The molecule has 4 aromatic carbocycles. The van der Waals surface area contributed by atoms with E-state index in [1.54, 1.807) is 71.6 Å². The van der Waals surface area contributed by atoms with Gasteiger partial charge in [-0.1, -0.05) is 72.3 Å². The molecule has 8 nitrogen and oxygen atoms in total. The van der Waals surface area contributed by atoms with Gasteiger partial charge in [-0.05, 0) is 54.4 Å². The zero-order valence-corrected chi connectivity index (χ0v) is 23.7. The Morgan fingerprint density at radius 3 is 2.24 bits per heavy atom. The van der Waals surface area contributed by atoms with Crippen LogP contribution in [0.2, 0.25) is 0 Å². The third-order valence-electron chi connectivity index (χ3n) is 7.01. The van der Waals surface area contributed by atoms with Crippen molar-refractivity contribution in [1.82, 2.24) is 5.32 Å². The number of fused-ring (bicyclic) bond motifs is 1. The second-order valence-corrected chi connectivity index (χ2v) is 11.9. The molecule has 1 N–H and O–H groups in total. The van der Waals surface area contributed by atoms with E-state index < -0.39 is 16.1 Å². The molecule has 0 bridgehead atoms. The van der Waals surface area contributed by atoms with E-state index in [2.05, 4.69) is 5.32 Å². The standard InChI is InChI=1S/C32H31N3O5S/c1-23-12-18-27(19-13-23)41(38,39)34(2)26-16-14-24(15-17-26)20-31(36)35-22-30(40-29-11-7-6-10-28(29)35)32(37)33-21-25-8-4-3-5-9-25/h3-19,30H,20-22H2,1-2H3,(H,33,37)/t30-/m1/s1. The highest BCUT2D eigenvalue weighted by Gasteiger charge is 2.33. The summed E-state index contributed by atoms with van der Waals surface area (Å²) in [5, 5.41) is 2.90. The quantitative estimate of drug-likeness (QED) is 0.338. The average molecular weight is 570 g/mol. The fourth-order valence-corrected chi connectivity index (χ4v) is 5.80. The van der Waals surface area contributed by atoms with Crippen molar-refractivity contribution in [3.05, 3.63) is 120 Å². The Bertz CT molecular complexity index is 1640. The van der Waals surface area contributed by atoms with Crippen LogP contribution in [0.5, 0.6) is 5.75 Å². The molecule has 5 rings (SSSR count). The van der Waals surface area contributed by atoms with Crippen molar-refractivity contribution in [3.8, 4) is 5.75 Å². The van der Waals surface area contributed by atoms with Gasteiger partial charge in [0.1, 0.15) is 5.75 Å². The summed E-state index contributed by atoms with van der Waals surface area (Å²) in [5.41, 5.74) is 3.74. The molecule has 0 fully saturated rings. The lowest BCUT2D eigenvalue weighted by Gasteiger charge is -2.34. The van der Waals surface area contributed by atoms with Crippen molar-refractivity contribution in [2.24, 2.45) is 0 Å². The van der Waals surface area contributed by atoms with E-state index in [-0.39, 0.29) is 29.7 Å². The first-order valence-corrected chi connectivity index (χ1v) is 14.7. The summed E-state index contributed by atoms with van der Waals surface area (Å²) in [5.74, 6) is -0.0384. The van der Waals surface area contributed by atoms with Crippen LogP contribution in [0, 0.1) is 6.92 Å². The van der Waals surface area contributed by atoms with Crippen molar-refractivity contribution in [2.75, 3.05) is 22.8 Å². The van der Waals surface area contributed by atoms with Gasteiger partial charge in [0.05, 0.1) is 29.2 Å². The van der Waals surface area contributed by atoms with Gasteiger partial charge >= 0.3 is 0 Å². The number of rotatable bonds is 8. The maximum Gasteiger partial charge on any atom is 0.264 e. The molecule has 0 aromatic heterocycles. The zero-order chi connectivity index (χ0) is 29.0. The van der Waals surface area contributed by atoms with Crippen molar-refractivity contribution in [2.45, 2.75) is 30.9 Å². The molecule has 0 unspecified atom stereocenters. The molecular weight excluding hydrogens is 538 g/mol. The topological polar surface area (TPSA) is 96.0 Å². The Morgan fingerprint density at radius 1 is 0.878 bits per heavy atom. The smallest absolute Gasteiger partial charge is 0.264 e. The minimum Gasteiger partial charge on any atom is -0.477 e. The molecule has 210 valence electrons. The van der Waals surface area contributed by atoms with E-state index in [1.807, 2.05) is 43.3 Å². The average Bonchev–Trinajstić information content (AvgIpc) is 3.00. The summed E-state index contributed by atoms with van der Waals surface area (Å²) in [6.07, 6.45) is -0.790. The Balaban J connectivity index is 1.28. The van der Waals surface area contributed by atoms with E-state index in [0.717, 1.165) is 11.1 Å². The molecule has 1 aliphatic heterocycles. The first-order valence-electron chi connectivity index (χ1n) is 13.2. The maximum absolute atomic E-state index is 13.5. The predicted molar refractivity (Wildman–Crippen MR) is 158 cm³/mol. The van der Waals surface area contributed by atoms with Gasteiger partial charge in [-0.2, -0.15) is 0 Å². The highest BCUT2D eigenvalue weighted by atomic mass is 32.2. The molecule has 4 aromatic rings. The first kappa shape index (κ1) is 27.9. The van der Waals surface area contributed by atoms with Gasteiger partial charge in [-0.15, -0.1) is 0 Å². The molecule has 41 heavy (non-hydrogen) atoms. The second kappa shape index (κ2) is 11.9. The van der Waals surface area contributed by atoms with Gasteiger partial charge in [0.15, 0.2) is 6.10 Å². The third-order valence-corrected chi connectivity index (χ3v) is 8.81. The van der Waals surface area contributed by atoms with Crippen LogP contribution in [0.4, 0.5) is 11.4 Å². The molecule has 1 aliphatic rings. The van der Waals surface area contributed by atoms with Crippen LogP contribution in [0.3, 0.4) is 0 Å². The minimum absolute atomic E-state index is 0.0708. The van der Waals surface area contributed by atoms with E-state index >= 15 is 0 Å². The fraction of sp³-hybridized carbons (Fsp3) is 0.188. The van der Waals surface area contributed by atoms with Crippen molar-refractivity contribution < 1.29 is 22.7 Å². The van der Waals surface area contributed by atoms with E-state index in [9.17, 15) is 18.0 Å². The molecule has 1 heterocycles. The number of nitrogens with zero attached hydrogens (tertiary/aromatic N) is 2. The lowest BCUT2D eigenvalue weighted by Crippen LogP contribution is -2.51. The monoisotopic (exact) mass is 569 g/mol. The van der Waals surface area contributed by atoms with Crippen LogP contribution in [0.15, 0.2) is 108 Å². The van der Waals surface area contributed by atoms with Crippen LogP contribution in [-0.2, 0) is 32.6 Å². The number of hydrogen-bond donors (Lipinski definition) is 1. The van der Waals surface area contributed by atoms with Gasteiger partial charge < -0.3 is 15.0 Å². The van der Waals surface area contributed by atoms with Gasteiger partial charge in [0, 0.05) is 13.6 Å². The molecule has 0 spiro atoms. The maximum atomic E-state index is 13.5. The number of hydrogen-bond acceptors (Lipinski definition) is 5. The van der Waals surface area contributed by atoms with Crippen LogP contribution in [0.25, 0.3) is 0 Å². The fourth-order valence-electron chi connectivity index (χ4n) is 4.61. The number of ether oxygens (including phenoxy) is 1. The van der Waals surface area contributed by atoms with Crippen LogP contribution in [-0.4, -0.2) is 39.9 Å². The van der Waals surface area contributed by atoms with Gasteiger partial charge in [-0.25, -0.2) is 8.42 Å². The number of sulfonamides is 1. The summed E-state index contributed by atoms with van der Waals surface area (Å²) < 4.78 is 33.3. The Kier molecular flexibility index (Phi) is 8.07. The lowest BCUT2D eigenvalue weighted by molar-refractivity contribution is -0.128. The molecule has 0 saturated heterocycles. The summed E-state index contributed by atoms with van der Waals surface area (Å²) in [6.45, 7) is 2.33. The predicted octanol–water partition coefficient (Wildman–Crippen LogP) is 4.47. The van der Waals surface area contributed by atoms with E-state index in [0.29, 0.717) is 29.2 Å². The second-order valence-electron chi connectivity index (χ2n) is 9.91. The summed E-state index contributed by atoms with van der Waals surface area (Å²) in [6, 6.07) is 30.3. The number of anilines is 2. The van der Waals surface area contributed by atoms with Crippen LogP contribution < -0.4 is 19.3 Å². The molecule has 9 heteroatoms. The Hall–Kier alpha value is -4.63. The number of amides is 2. The van der Waals surface area contributed by atoms with Crippen molar-refractivity contribution >= 4 is 33.2 Å². The van der Waals surface area contributed by atoms with Crippen molar-refractivity contribution in [1.29, 1.82) is 0 Å². The van der Waals surface area contributed by atoms with Crippen LogP contribution >= 0.6 is 0 Å². The molecule has 0 saturated carbocycles. The molecular formula is C32H31N3O5S. The minimum atomic E-state index is -3.73. The number of carbonyl (C=O) groups is 2. The number of nitrogens with one attached hydrogen (secondary N) is 1. The highest BCUT2D eigenvalue weighted by molar-refractivity contribution is 7.92. The molecule has 0 radical (unpaired) electrons. The van der Waals surface area contributed by atoms with Gasteiger partial charge in [0.25, 0.3) is 15.9 Å². The summed E-state index contributed by atoms with van der Waals surface area (Å²) >= 11 is 0. The molecule has 0 aliphatic carbocycles. The Morgan fingerprint density at radius 2 is 1.54 bits per heavy atom. The number of benzene rings is 4. The molecule has 2 amide bonds. The number of aryl methyl sites for hydroxylation is 1. The summed E-state index contributed by atoms with van der Waals surface area (Å²) in [7, 11) is -2.22. The Labute approximate surface area is 240 Å².